The molecule has 133 valence electrons. The lowest BCUT2D eigenvalue weighted by Gasteiger charge is -2.48. The van der Waals surface area contributed by atoms with Gasteiger partial charge in [-0.15, -0.1) is 0 Å². The van der Waals surface area contributed by atoms with E-state index in [9.17, 15) is 0 Å². The van der Waals surface area contributed by atoms with E-state index in [1.54, 1.807) is 0 Å². The van der Waals surface area contributed by atoms with Gasteiger partial charge in [-0.25, -0.2) is 0 Å². The Morgan fingerprint density at radius 1 is 0.500 bits per heavy atom. The van der Waals surface area contributed by atoms with Gasteiger partial charge in [-0.05, 0) is 80.8 Å². The average molecular weight is 380 g/mol. The molecule has 0 spiro atoms. The molecule has 0 aromatic carbocycles. The van der Waals surface area contributed by atoms with Gasteiger partial charge in [-0.2, -0.15) is 0 Å². The molecule has 0 saturated carbocycles. The lowest BCUT2D eigenvalue weighted by molar-refractivity contribution is 0.231. The molecular formula is C15H39O3Si4. The Hall–Kier alpha value is 0.748. The van der Waals surface area contributed by atoms with Crippen molar-refractivity contribution in [3.63, 3.8) is 0 Å². The van der Waals surface area contributed by atoms with Crippen LogP contribution >= 0.6 is 0 Å². The molecule has 0 N–H and O–H groups in total. The standard InChI is InChI=1S/C15H39O3Si4/c1-13(2)16-20(7,8)19(21(9,10)17-14(3)4)22(11,12)18-15(5)6/h13-15H,1-12H3. The number of hydrogen-bond acceptors (Lipinski definition) is 3. The predicted molar refractivity (Wildman–Crippen MR) is 107 cm³/mol. The Morgan fingerprint density at radius 2 is 0.682 bits per heavy atom. The van der Waals surface area contributed by atoms with Crippen molar-refractivity contribution in [2.24, 2.45) is 0 Å². The van der Waals surface area contributed by atoms with Gasteiger partial charge in [0.1, 0.15) is 7.35 Å². The third kappa shape index (κ3) is 7.10. The minimum Gasteiger partial charge on any atom is -0.418 e. The highest BCUT2D eigenvalue weighted by atomic mass is 29.9. The first-order valence-corrected chi connectivity index (χ1v) is 21.8. The van der Waals surface area contributed by atoms with Crippen LogP contribution in [0.25, 0.3) is 0 Å². The maximum Gasteiger partial charge on any atom is 0.172 e. The van der Waals surface area contributed by atoms with Crippen LogP contribution in [0.5, 0.6) is 0 Å². The van der Waals surface area contributed by atoms with Crippen molar-refractivity contribution in [1.29, 1.82) is 0 Å². The fraction of sp³-hybridized carbons (Fsp3) is 1.00. The molecule has 0 bridgehead atoms. The monoisotopic (exact) mass is 379 g/mol. The van der Waals surface area contributed by atoms with Crippen molar-refractivity contribution in [3.8, 4) is 0 Å². The Kier molecular flexibility index (Phi) is 8.50. The molecule has 0 aliphatic rings. The zero-order chi connectivity index (χ0) is 17.9. The quantitative estimate of drug-likeness (QED) is 0.548. The van der Waals surface area contributed by atoms with Gasteiger partial charge in [0.25, 0.3) is 0 Å². The van der Waals surface area contributed by atoms with Gasteiger partial charge in [-0.3, -0.25) is 0 Å². The number of hydrogen-bond donors (Lipinski definition) is 0. The summed E-state index contributed by atoms with van der Waals surface area (Å²) in [5.74, 6) is 0. The first-order chi connectivity index (χ1) is 9.62. The Labute approximate surface area is 143 Å². The fourth-order valence-corrected chi connectivity index (χ4v) is 70.9. The molecular weight excluding hydrogens is 341 g/mol. The number of rotatable bonds is 9. The molecule has 0 rings (SSSR count). The predicted octanol–water partition coefficient (Wildman–Crippen LogP) is 4.61. The molecule has 0 saturated heterocycles. The van der Waals surface area contributed by atoms with Crippen LogP contribution in [0.3, 0.4) is 0 Å². The summed E-state index contributed by atoms with van der Waals surface area (Å²) in [7, 11) is -6.28. The summed E-state index contributed by atoms with van der Waals surface area (Å²) in [6.07, 6.45) is 0.859. The summed E-state index contributed by atoms with van der Waals surface area (Å²) in [5, 5.41) is 0. The normalized spacial score (nSPS) is 14.7. The van der Waals surface area contributed by atoms with Crippen molar-refractivity contribution in [3.05, 3.63) is 0 Å². The van der Waals surface area contributed by atoms with Gasteiger partial charge in [0.15, 0.2) is 23.5 Å². The second-order valence-electron chi connectivity index (χ2n) is 8.41. The summed E-state index contributed by atoms with van der Waals surface area (Å²) in [4.78, 5) is 0. The molecule has 0 aromatic heterocycles. The van der Waals surface area contributed by atoms with Crippen molar-refractivity contribution in [2.45, 2.75) is 99.1 Å². The summed E-state index contributed by atoms with van der Waals surface area (Å²) < 4.78 is 19.6. The van der Waals surface area contributed by atoms with E-state index in [1.165, 1.54) is 0 Å². The highest BCUT2D eigenvalue weighted by Gasteiger charge is 2.58. The third-order valence-electron chi connectivity index (χ3n) is 3.40. The van der Waals surface area contributed by atoms with Gasteiger partial charge in [0.05, 0.1) is 0 Å². The van der Waals surface area contributed by atoms with E-state index in [0.29, 0.717) is 0 Å². The highest BCUT2D eigenvalue weighted by molar-refractivity contribution is 7.79. The molecule has 22 heavy (non-hydrogen) atoms. The largest absolute Gasteiger partial charge is 0.418 e. The molecule has 7 heteroatoms. The van der Waals surface area contributed by atoms with Gasteiger partial charge < -0.3 is 13.3 Å². The first-order valence-electron chi connectivity index (χ1n) is 8.53. The van der Waals surface area contributed by atoms with E-state index in [2.05, 4.69) is 80.8 Å². The van der Waals surface area contributed by atoms with E-state index in [-0.39, 0.29) is 18.3 Å². The van der Waals surface area contributed by atoms with Crippen LogP contribution in [0.1, 0.15) is 41.5 Å². The van der Waals surface area contributed by atoms with Crippen molar-refractivity contribution in [2.75, 3.05) is 0 Å². The maximum atomic E-state index is 6.53. The molecule has 3 nitrogen and oxygen atoms in total. The summed E-state index contributed by atoms with van der Waals surface area (Å²) in [6, 6.07) is 0. The van der Waals surface area contributed by atoms with E-state index < -0.39 is 30.9 Å². The van der Waals surface area contributed by atoms with E-state index in [4.69, 9.17) is 13.3 Å². The van der Waals surface area contributed by atoms with Crippen molar-refractivity contribution >= 4 is 30.9 Å². The van der Waals surface area contributed by atoms with Crippen LogP contribution < -0.4 is 0 Å². The van der Waals surface area contributed by atoms with Crippen molar-refractivity contribution < 1.29 is 13.3 Å². The molecule has 0 heterocycles. The smallest absolute Gasteiger partial charge is 0.172 e. The molecule has 0 amide bonds. The third-order valence-corrected chi connectivity index (χ3v) is 54.6. The van der Waals surface area contributed by atoms with Crippen LogP contribution in [0, 0.1) is 0 Å². The topological polar surface area (TPSA) is 27.7 Å². The minimum atomic E-state index is -1.83. The first kappa shape index (κ1) is 22.7. The van der Waals surface area contributed by atoms with Gasteiger partial charge in [0, 0.05) is 18.3 Å². The minimum absolute atomic E-state index is 0.286. The van der Waals surface area contributed by atoms with Crippen LogP contribution in [0.15, 0.2) is 0 Å². The Bertz CT molecular complexity index is 289. The van der Waals surface area contributed by atoms with Crippen molar-refractivity contribution in [1.82, 2.24) is 0 Å². The second kappa shape index (κ2) is 8.22. The van der Waals surface area contributed by atoms with Gasteiger partial charge in [0.2, 0.25) is 0 Å². The van der Waals surface area contributed by atoms with Gasteiger partial charge in [-0.1, -0.05) is 0 Å². The summed E-state index contributed by atoms with van der Waals surface area (Å²) >= 11 is 0. The molecule has 0 aromatic rings. The summed E-state index contributed by atoms with van der Waals surface area (Å²) in [5.41, 5.74) is 0. The molecule has 0 atom stereocenters. The molecule has 0 fully saturated rings. The summed E-state index contributed by atoms with van der Waals surface area (Å²) in [6.45, 7) is 27.3. The zero-order valence-corrected chi connectivity index (χ0v) is 21.0. The van der Waals surface area contributed by atoms with Crippen LogP contribution in [0.4, 0.5) is 0 Å². The van der Waals surface area contributed by atoms with Gasteiger partial charge >= 0.3 is 0 Å². The van der Waals surface area contributed by atoms with Crippen LogP contribution in [0.2, 0.25) is 39.3 Å². The second-order valence-corrected chi connectivity index (χ2v) is 38.8. The van der Waals surface area contributed by atoms with E-state index in [0.717, 1.165) is 0 Å². The highest BCUT2D eigenvalue weighted by Crippen LogP contribution is 2.30. The SMILES string of the molecule is CC(C)O[Si](C)(C)[Si]([Si](C)(C)OC(C)C)[Si](C)(C)OC(C)C. The lowest BCUT2D eigenvalue weighted by Crippen LogP contribution is -2.77. The lowest BCUT2D eigenvalue weighted by atomic mass is 10.5. The zero-order valence-electron chi connectivity index (χ0n) is 17.0. The van der Waals surface area contributed by atoms with E-state index >= 15 is 0 Å². The Morgan fingerprint density at radius 3 is 0.818 bits per heavy atom. The molecule has 0 unspecified atom stereocenters. The molecule has 1 radical (unpaired) electrons. The molecule has 0 aliphatic heterocycles. The Balaban J connectivity index is 5.77. The maximum absolute atomic E-state index is 6.53. The fourth-order valence-electron chi connectivity index (χ4n) is 4.12. The molecule has 0 aliphatic carbocycles. The van der Waals surface area contributed by atoms with Crippen LogP contribution in [-0.2, 0) is 13.3 Å². The average Bonchev–Trinajstić information content (AvgIpc) is 2.05. The van der Waals surface area contributed by atoms with E-state index in [1.807, 2.05) is 0 Å². The van der Waals surface area contributed by atoms with Crippen LogP contribution in [-0.4, -0.2) is 49.2 Å².